The van der Waals surface area contributed by atoms with Crippen LogP contribution in [0.3, 0.4) is 0 Å². The van der Waals surface area contributed by atoms with Gasteiger partial charge in [-0.3, -0.25) is 24.2 Å². The van der Waals surface area contributed by atoms with Crippen LogP contribution >= 0.6 is 23.2 Å². The number of nitrogens with zero attached hydrogens (tertiary/aromatic N) is 2. The lowest BCUT2D eigenvalue weighted by Crippen LogP contribution is -2.54. The molecule has 10 nitrogen and oxygen atoms in total. The Hall–Kier alpha value is -3.09. The zero-order valence-corrected chi connectivity index (χ0v) is 26.8. The number of carbonyl (C=O) groups excluding carboxylic acids is 4. The van der Waals surface area contributed by atoms with E-state index in [4.69, 9.17) is 23.2 Å². The first-order valence-electron chi connectivity index (χ1n) is 14.6. The maximum atomic E-state index is 15.0. The summed E-state index contributed by atoms with van der Waals surface area (Å²) in [6, 6.07) is 4.40. The van der Waals surface area contributed by atoms with Gasteiger partial charge in [0.15, 0.2) is 9.84 Å². The van der Waals surface area contributed by atoms with E-state index in [-0.39, 0.29) is 52.9 Å². The van der Waals surface area contributed by atoms with Crippen molar-refractivity contribution in [3.05, 3.63) is 58.1 Å². The van der Waals surface area contributed by atoms with Gasteiger partial charge in [0.1, 0.15) is 11.9 Å². The molecule has 1 saturated heterocycles. The Morgan fingerprint density at radius 3 is 2.45 bits per heavy atom. The van der Waals surface area contributed by atoms with E-state index in [1.165, 1.54) is 24.4 Å². The van der Waals surface area contributed by atoms with E-state index in [1.807, 2.05) is 6.92 Å². The van der Waals surface area contributed by atoms with Gasteiger partial charge >= 0.3 is 0 Å². The van der Waals surface area contributed by atoms with E-state index < -0.39 is 61.9 Å². The lowest BCUT2D eigenvalue weighted by molar-refractivity contribution is -0.143. The minimum absolute atomic E-state index is 0.00734. The van der Waals surface area contributed by atoms with E-state index in [9.17, 15) is 32.0 Å². The summed E-state index contributed by atoms with van der Waals surface area (Å²) < 4.78 is 42.4. The molecule has 0 radical (unpaired) electrons. The van der Waals surface area contributed by atoms with E-state index in [1.54, 1.807) is 13.0 Å². The van der Waals surface area contributed by atoms with Gasteiger partial charge in [-0.2, -0.15) is 0 Å². The second kappa shape index (κ2) is 13.9. The average molecular weight is 670 g/mol. The van der Waals surface area contributed by atoms with Crippen LogP contribution in [-0.2, 0) is 34.4 Å². The molecule has 1 unspecified atom stereocenters. The summed E-state index contributed by atoms with van der Waals surface area (Å²) in [5.41, 5.74) is -1.53. The predicted octanol–water partition coefficient (Wildman–Crippen LogP) is 3.77. The van der Waals surface area contributed by atoms with Gasteiger partial charge in [0.2, 0.25) is 17.6 Å². The summed E-state index contributed by atoms with van der Waals surface area (Å²) in [6.07, 6.45) is 3.49. The smallest absolute Gasteiger partial charge is 0.289 e. The van der Waals surface area contributed by atoms with Crippen LogP contribution < -0.4 is 10.6 Å². The van der Waals surface area contributed by atoms with Crippen LogP contribution in [-0.4, -0.2) is 72.2 Å². The number of hydrogen-bond acceptors (Lipinski definition) is 7. The van der Waals surface area contributed by atoms with Crippen LogP contribution in [0, 0.1) is 5.82 Å². The Morgan fingerprint density at radius 2 is 1.84 bits per heavy atom. The SMILES string of the molecule is CCCCNC(=O)C(=O)C(CCC)NC(=O)[C@@H]1C[C@@H](S(=O)(=O)c2ccccc2Cl)CN1C(=O)C1(c2ncc(Cl)cc2F)CC1. The fourth-order valence-corrected chi connectivity index (χ4v) is 7.88. The lowest BCUT2D eigenvalue weighted by Gasteiger charge is -2.29. The van der Waals surface area contributed by atoms with Gasteiger partial charge in [0.05, 0.1) is 37.3 Å². The number of unbranched alkanes of at least 4 members (excludes halogenated alkanes) is 1. The normalized spacial score (nSPS) is 19.7. The number of likely N-dealkylation sites (tertiary alicyclic amines) is 1. The number of amides is 3. The third-order valence-corrected chi connectivity index (χ3v) is 10.9. The van der Waals surface area contributed by atoms with Gasteiger partial charge < -0.3 is 15.5 Å². The standard InChI is InChI=1S/C30H35Cl2FN4O6S/c1-3-5-13-34-28(40)25(38)22(8-4-2)36-27(39)23-15-19(44(42,43)24-10-7-6-9-20(24)32)17-37(23)29(41)30(11-12-30)26-21(33)14-18(31)16-35-26/h6-7,9-10,14,16,19,22-23H,3-5,8,11-13,15,17H2,1-2H3,(H,34,40)(H,36,39)/t19-,22?,23+/m1/s1. The van der Waals surface area contributed by atoms with Gasteiger partial charge in [0, 0.05) is 19.3 Å². The molecule has 238 valence electrons. The number of pyridine rings is 1. The molecular formula is C30H35Cl2FN4O6S. The van der Waals surface area contributed by atoms with Crippen molar-refractivity contribution in [3.8, 4) is 0 Å². The first-order chi connectivity index (χ1) is 20.9. The van der Waals surface area contributed by atoms with Gasteiger partial charge in [-0.15, -0.1) is 0 Å². The van der Waals surface area contributed by atoms with Crippen molar-refractivity contribution in [1.29, 1.82) is 0 Å². The zero-order valence-electron chi connectivity index (χ0n) is 24.4. The molecule has 1 aliphatic heterocycles. The Kier molecular flexibility index (Phi) is 10.7. The summed E-state index contributed by atoms with van der Waals surface area (Å²) in [6.45, 7) is 3.65. The van der Waals surface area contributed by atoms with Crippen LogP contribution in [0.15, 0.2) is 41.4 Å². The summed E-state index contributed by atoms with van der Waals surface area (Å²) in [5, 5.41) is 3.96. The van der Waals surface area contributed by atoms with Crippen molar-refractivity contribution in [3.63, 3.8) is 0 Å². The highest BCUT2D eigenvalue weighted by Crippen LogP contribution is 2.51. The van der Waals surface area contributed by atoms with Gasteiger partial charge in [-0.1, -0.05) is 62.0 Å². The Labute approximate surface area is 266 Å². The highest BCUT2D eigenvalue weighted by molar-refractivity contribution is 7.92. The van der Waals surface area contributed by atoms with Crippen LogP contribution in [0.25, 0.3) is 0 Å². The van der Waals surface area contributed by atoms with Gasteiger partial charge in [0.25, 0.3) is 5.91 Å². The van der Waals surface area contributed by atoms with E-state index in [0.717, 1.165) is 17.4 Å². The number of sulfone groups is 1. The minimum atomic E-state index is -4.13. The monoisotopic (exact) mass is 668 g/mol. The lowest BCUT2D eigenvalue weighted by atomic mass is 9.98. The molecule has 2 fully saturated rings. The second-order valence-corrected chi connectivity index (χ2v) is 14.2. The largest absolute Gasteiger partial charge is 0.349 e. The molecule has 1 saturated carbocycles. The molecule has 1 aromatic heterocycles. The van der Waals surface area contributed by atoms with Gasteiger partial charge in [-0.05, 0) is 50.3 Å². The highest BCUT2D eigenvalue weighted by atomic mass is 35.5. The molecule has 14 heteroatoms. The number of aromatic nitrogens is 1. The van der Waals surface area contributed by atoms with Crippen molar-refractivity contribution in [2.75, 3.05) is 13.1 Å². The van der Waals surface area contributed by atoms with E-state index in [0.29, 0.717) is 19.4 Å². The summed E-state index contributed by atoms with van der Waals surface area (Å²) >= 11 is 12.1. The number of hydrogen-bond donors (Lipinski definition) is 2. The average Bonchev–Trinajstić information content (AvgIpc) is 3.65. The zero-order chi connectivity index (χ0) is 32.2. The number of nitrogens with one attached hydrogen (secondary N) is 2. The minimum Gasteiger partial charge on any atom is -0.349 e. The molecule has 1 aliphatic carbocycles. The number of carbonyl (C=O) groups is 4. The Morgan fingerprint density at radius 1 is 1.14 bits per heavy atom. The first kappa shape index (κ1) is 33.8. The maximum absolute atomic E-state index is 15.0. The number of Topliss-reactive ketones (excluding diaryl/α,β-unsaturated/α-hetero) is 1. The molecular weight excluding hydrogens is 634 g/mol. The number of ketones is 1. The molecule has 44 heavy (non-hydrogen) atoms. The van der Waals surface area contributed by atoms with Crippen LogP contribution in [0.1, 0.15) is 64.5 Å². The van der Waals surface area contributed by atoms with E-state index >= 15 is 0 Å². The third-order valence-electron chi connectivity index (χ3n) is 8.08. The summed E-state index contributed by atoms with van der Waals surface area (Å²) in [7, 11) is -4.13. The highest BCUT2D eigenvalue weighted by Gasteiger charge is 2.59. The van der Waals surface area contributed by atoms with Crippen molar-refractivity contribution < 1.29 is 32.0 Å². The topological polar surface area (TPSA) is 143 Å². The fourth-order valence-electron chi connectivity index (χ4n) is 5.52. The molecule has 2 aromatic rings. The fraction of sp³-hybridized carbons (Fsp3) is 0.500. The quantitative estimate of drug-likeness (QED) is 0.244. The Bertz CT molecular complexity index is 1550. The van der Waals surface area contributed by atoms with Crippen LogP contribution in [0.4, 0.5) is 4.39 Å². The second-order valence-electron chi connectivity index (χ2n) is 11.2. The Balaban J connectivity index is 1.66. The summed E-state index contributed by atoms with van der Waals surface area (Å²) in [4.78, 5) is 58.4. The van der Waals surface area contributed by atoms with Crippen molar-refractivity contribution in [1.82, 2.24) is 20.5 Å². The van der Waals surface area contributed by atoms with Crippen LogP contribution in [0.2, 0.25) is 10.0 Å². The number of benzene rings is 1. The molecule has 2 aliphatic rings. The molecule has 2 N–H and O–H groups in total. The molecule has 2 heterocycles. The van der Waals surface area contributed by atoms with Crippen LogP contribution in [0.5, 0.6) is 0 Å². The molecule has 3 amide bonds. The number of rotatable bonds is 13. The molecule has 0 spiro atoms. The third kappa shape index (κ3) is 6.92. The van der Waals surface area contributed by atoms with E-state index in [2.05, 4.69) is 15.6 Å². The van der Waals surface area contributed by atoms with Crippen molar-refractivity contribution in [2.45, 2.75) is 86.4 Å². The first-order valence-corrected chi connectivity index (χ1v) is 16.9. The summed E-state index contributed by atoms with van der Waals surface area (Å²) in [5.74, 6) is -3.90. The predicted molar refractivity (Wildman–Crippen MR) is 162 cm³/mol. The van der Waals surface area contributed by atoms with Crippen molar-refractivity contribution >= 4 is 56.5 Å². The maximum Gasteiger partial charge on any atom is 0.289 e. The van der Waals surface area contributed by atoms with Gasteiger partial charge in [-0.25, -0.2) is 12.8 Å². The molecule has 1 aromatic carbocycles. The number of halogens is 3. The molecule has 0 bridgehead atoms. The molecule has 3 atom stereocenters. The van der Waals surface area contributed by atoms with Crippen molar-refractivity contribution in [2.24, 2.45) is 0 Å². The molecule has 4 rings (SSSR count).